The van der Waals surface area contributed by atoms with Crippen LogP contribution in [-0.2, 0) is 20.9 Å². The van der Waals surface area contributed by atoms with Gasteiger partial charge in [0.15, 0.2) is 0 Å². The first-order chi connectivity index (χ1) is 8.13. The lowest BCUT2D eigenvalue weighted by atomic mass is 10.2. The smallest absolute Gasteiger partial charge is 0.315 e. The normalized spacial score (nSPS) is 9.76. The highest BCUT2D eigenvalue weighted by atomic mass is 35.5. The molecule has 1 rings (SSSR count). The van der Waals surface area contributed by atoms with Crippen LogP contribution in [-0.4, -0.2) is 18.5 Å². The van der Waals surface area contributed by atoms with Crippen molar-refractivity contribution >= 4 is 23.5 Å². The van der Waals surface area contributed by atoms with Gasteiger partial charge in [0.1, 0.15) is 6.42 Å². The first-order valence-corrected chi connectivity index (χ1v) is 5.67. The van der Waals surface area contributed by atoms with Crippen LogP contribution in [0.3, 0.4) is 0 Å². The average molecular weight is 256 g/mol. The van der Waals surface area contributed by atoms with Crippen LogP contribution in [0.5, 0.6) is 0 Å². The second-order valence-electron chi connectivity index (χ2n) is 3.35. The van der Waals surface area contributed by atoms with E-state index in [9.17, 15) is 9.59 Å². The monoisotopic (exact) mass is 255 g/mol. The fourth-order valence-electron chi connectivity index (χ4n) is 1.24. The molecule has 0 fully saturated rings. The molecule has 0 aliphatic carbocycles. The van der Waals surface area contributed by atoms with E-state index in [0.717, 1.165) is 5.56 Å². The number of esters is 1. The van der Waals surface area contributed by atoms with Crippen LogP contribution in [0.1, 0.15) is 18.9 Å². The summed E-state index contributed by atoms with van der Waals surface area (Å²) >= 11 is 5.92. The van der Waals surface area contributed by atoms with Gasteiger partial charge in [-0.3, -0.25) is 9.59 Å². The SMILES string of the molecule is CCOC(=O)CC(=O)NCc1ccccc1Cl. The van der Waals surface area contributed by atoms with Gasteiger partial charge in [-0.05, 0) is 18.6 Å². The number of halogens is 1. The summed E-state index contributed by atoms with van der Waals surface area (Å²) in [5.41, 5.74) is 0.811. The lowest BCUT2D eigenvalue weighted by molar-refractivity contribution is -0.146. The molecule has 0 saturated carbocycles. The highest BCUT2D eigenvalue weighted by Gasteiger charge is 2.10. The third kappa shape index (κ3) is 4.87. The van der Waals surface area contributed by atoms with E-state index in [-0.39, 0.29) is 18.9 Å². The Morgan fingerprint density at radius 1 is 1.35 bits per heavy atom. The van der Waals surface area contributed by atoms with E-state index in [2.05, 4.69) is 10.1 Å². The van der Waals surface area contributed by atoms with Gasteiger partial charge in [0, 0.05) is 11.6 Å². The molecule has 0 heterocycles. The van der Waals surface area contributed by atoms with E-state index in [0.29, 0.717) is 11.6 Å². The number of carbonyl (C=O) groups excluding carboxylic acids is 2. The molecule has 0 aliphatic heterocycles. The molecule has 0 radical (unpaired) electrons. The number of ether oxygens (including phenoxy) is 1. The van der Waals surface area contributed by atoms with Crippen molar-refractivity contribution < 1.29 is 14.3 Å². The van der Waals surface area contributed by atoms with Gasteiger partial charge >= 0.3 is 5.97 Å². The molecule has 1 amide bonds. The Hall–Kier alpha value is -1.55. The van der Waals surface area contributed by atoms with E-state index in [1.165, 1.54) is 0 Å². The predicted molar refractivity (Wildman–Crippen MR) is 64.5 cm³/mol. The molecule has 92 valence electrons. The quantitative estimate of drug-likeness (QED) is 0.646. The third-order valence-electron chi connectivity index (χ3n) is 2.04. The Kier molecular flexibility index (Phi) is 5.49. The Balaban J connectivity index is 2.38. The molecule has 4 nitrogen and oxygen atoms in total. The maximum atomic E-state index is 11.4. The average Bonchev–Trinajstić information content (AvgIpc) is 2.28. The van der Waals surface area contributed by atoms with Gasteiger partial charge in [-0.15, -0.1) is 0 Å². The van der Waals surface area contributed by atoms with Crippen molar-refractivity contribution in [1.82, 2.24) is 5.32 Å². The summed E-state index contributed by atoms with van der Waals surface area (Å²) in [7, 11) is 0. The Morgan fingerprint density at radius 3 is 2.71 bits per heavy atom. The number of hydrogen-bond donors (Lipinski definition) is 1. The summed E-state index contributed by atoms with van der Waals surface area (Å²) in [6.45, 7) is 2.27. The summed E-state index contributed by atoms with van der Waals surface area (Å²) in [6.07, 6.45) is -0.266. The molecule has 5 heteroatoms. The number of benzene rings is 1. The highest BCUT2D eigenvalue weighted by Crippen LogP contribution is 2.14. The van der Waals surface area contributed by atoms with E-state index in [1.807, 2.05) is 18.2 Å². The maximum Gasteiger partial charge on any atom is 0.315 e. The topological polar surface area (TPSA) is 55.4 Å². The van der Waals surface area contributed by atoms with Crippen molar-refractivity contribution in [3.8, 4) is 0 Å². The van der Waals surface area contributed by atoms with Crippen LogP contribution in [0, 0.1) is 0 Å². The first kappa shape index (κ1) is 13.5. The van der Waals surface area contributed by atoms with Crippen LogP contribution in [0.2, 0.25) is 5.02 Å². The van der Waals surface area contributed by atoms with Crippen molar-refractivity contribution in [3.05, 3.63) is 34.9 Å². The van der Waals surface area contributed by atoms with Crippen LogP contribution < -0.4 is 5.32 Å². The molecule has 1 aromatic carbocycles. The molecule has 0 aromatic heterocycles. The lowest BCUT2D eigenvalue weighted by Gasteiger charge is -2.06. The second kappa shape index (κ2) is 6.91. The van der Waals surface area contributed by atoms with E-state index < -0.39 is 5.97 Å². The summed E-state index contributed by atoms with van der Waals surface area (Å²) in [4.78, 5) is 22.4. The Morgan fingerprint density at radius 2 is 2.06 bits per heavy atom. The van der Waals surface area contributed by atoms with Gasteiger partial charge in [0.25, 0.3) is 0 Å². The zero-order chi connectivity index (χ0) is 12.7. The third-order valence-corrected chi connectivity index (χ3v) is 2.41. The summed E-state index contributed by atoms with van der Waals surface area (Å²) in [5.74, 6) is -0.896. The van der Waals surface area contributed by atoms with Gasteiger partial charge in [0.05, 0.1) is 6.61 Å². The number of nitrogens with one attached hydrogen (secondary N) is 1. The van der Waals surface area contributed by atoms with Crippen molar-refractivity contribution in [2.24, 2.45) is 0 Å². The molecule has 1 aromatic rings. The Labute approximate surface area is 105 Å². The van der Waals surface area contributed by atoms with Crippen molar-refractivity contribution in [3.63, 3.8) is 0 Å². The number of hydrogen-bond acceptors (Lipinski definition) is 3. The van der Waals surface area contributed by atoms with Gasteiger partial charge in [-0.25, -0.2) is 0 Å². The van der Waals surface area contributed by atoms with Gasteiger partial charge in [-0.2, -0.15) is 0 Å². The minimum atomic E-state index is -0.524. The molecule has 0 bridgehead atoms. The van der Waals surface area contributed by atoms with E-state index >= 15 is 0 Å². The van der Waals surface area contributed by atoms with Gasteiger partial charge < -0.3 is 10.1 Å². The predicted octanol–water partition coefficient (Wildman–Crippen LogP) is 1.91. The molecule has 0 aliphatic rings. The molecule has 0 unspecified atom stereocenters. The van der Waals surface area contributed by atoms with Crippen molar-refractivity contribution in [2.45, 2.75) is 19.9 Å². The fraction of sp³-hybridized carbons (Fsp3) is 0.333. The van der Waals surface area contributed by atoms with Crippen molar-refractivity contribution in [1.29, 1.82) is 0 Å². The maximum absolute atomic E-state index is 11.4. The van der Waals surface area contributed by atoms with E-state index in [4.69, 9.17) is 11.6 Å². The Bertz CT molecular complexity index is 406. The summed E-state index contributed by atoms with van der Waals surface area (Å²) in [5, 5.41) is 3.19. The second-order valence-corrected chi connectivity index (χ2v) is 3.76. The van der Waals surface area contributed by atoms with Crippen LogP contribution in [0.4, 0.5) is 0 Å². The van der Waals surface area contributed by atoms with E-state index in [1.54, 1.807) is 13.0 Å². The number of rotatable bonds is 5. The van der Waals surface area contributed by atoms with Gasteiger partial charge in [-0.1, -0.05) is 29.8 Å². The number of carbonyl (C=O) groups is 2. The number of amides is 1. The first-order valence-electron chi connectivity index (χ1n) is 5.29. The minimum absolute atomic E-state index is 0.266. The zero-order valence-electron chi connectivity index (χ0n) is 9.53. The summed E-state index contributed by atoms with van der Waals surface area (Å²) in [6, 6.07) is 7.20. The lowest BCUT2D eigenvalue weighted by Crippen LogP contribution is -2.26. The van der Waals surface area contributed by atoms with Crippen LogP contribution in [0.15, 0.2) is 24.3 Å². The minimum Gasteiger partial charge on any atom is -0.466 e. The fourth-order valence-corrected chi connectivity index (χ4v) is 1.44. The van der Waals surface area contributed by atoms with Crippen LogP contribution in [0.25, 0.3) is 0 Å². The molecule has 0 spiro atoms. The molecule has 0 saturated heterocycles. The zero-order valence-corrected chi connectivity index (χ0v) is 10.3. The molecule has 17 heavy (non-hydrogen) atoms. The summed E-state index contributed by atoms with van der Waals surface area (Å²) < 4.78 is 4.66. The molecule has 1 N–H and O–H groups in total. The van der Waals surface area contributed by atoms with Gasteiger partial charge in [0.2, 0.25) is 5.91 Å². The standard InChI is InChI=1S/C12H14ClNO3/c1-2-17-12(16)7-11(15)14-8-9-5-3-4-6-10(9)13/h3-6H,2,7-8H2,1H3,(H,14,15). The highest BCUT2D eigenvalue weighted by molar-refractivity contribution is 6.31. The molecular weight excluding hydrogens is 242 g/mol. The molecular formula is C12H14ClNO3. The van der Waals surface area contributed by atoms with Crippen LogP contribution >= 0.6 is 11.6 Å². The largest absolute Gasteiger partial charge is 0.466 e. The van der Waals surface area contributed by atoms with Crippen molar-refractivity contribution in [2.75, 3.05) is 6.61 Å². The molecule has 0 atom stereocenters.